The van der Waals surface area contributed by atoms with E-state index in [4.69, 9.17) is 4.74 Å². The van der Waals surface area contributed by atoms with Crippen LogP contribution in [0.5, 0.6) is 0 Å². The molecule has 1 atom stereocenters. The molecule has 0 aromatic carbocycles. The van der Waals surface area contributed by atoms with Gasteiger partial charge in [0, 0.05) is 26.2 Å². The van der Waals surface area contributed by atoms with Crippen molar-refractivity contribution in [3.8, 4) is 0 Å². The van der Waals surface area contributed by atoms with Crippen molar-refractivity contribution in [2.75, 3.05) is 26.2 Å². The maximum atomic E-state index is 11.7. The molecule has 0 aromatic heterocycles. The molecule has 16 heavy (non-hydrogen) atoms. The number of carbonyl (C=O) groups excluding carboxylic acids is 1. The highest BCUT2D eigenvalue weighted by molar-refractivity contribution is 5.74. The third-order valence-electron chi connectivity index (χ3n) is 3.26. The van der Waals surface area contributed by atoms with E-state index in [0.29, 0.717) is 32.5 Å². The molecular weight excluding hydrogens is 208 g/mol. The van der Waals surface area contributed by atoms with Gasteiger partial charge in [0.2, 0.25) is 0 Å². The Labute approximate surface area is 95.8 Å². The minimum absolute atomic E-state index is 0.0256. The number of aliphatic hydroxyl groups excluding tert-OH is 1. The number of rotatable bonds is 2. The summed E-state index contributed by atoms with van der Waals surface area (Å²) in [7, 11) is 0. The predicted octanol–water partition coefficient (Wildman–Crippen LogP) is 0.332. The smallest absolute Gasteiger partial charge is 0.317 e. The highest BCUT2D eigenvalue weighted by atomic mass is 16.5. The minimum atomic E-state index is -0.234. The number of nitrogens with zero attached hydrogens (tertiary/aromatic N) is 1. The number of urea groups is 1. The molecule has 2 aliphatic heterocycles. The van der Waals surface area contributed by atoms with Crippen molar-refractivity contribution in [3.05, 3.63) is 0 Å². The van der Waals surface area contributed by atoms with E-state index in [1.165, 1.54) is 0 Å². The summed E-state index contributed by atoms with van der Waals surface area (Å²) in [4.78, 5) is 13.5. The zero-order chi connectivity index (χ0) is 11.4. The van der Waals surface area contributed by atoms with E-state index >= 15 is 0 Å². The lowest BCUT2D eigenvalue weighted by Gasteiger charge is -2.29. The van der Waals surface area contributed by atoms with Crippen molar-refractivity contribution in [3.63, 3.8) is 0 Å². The van der Waals surface area contributed by atoms with Crippen molar-refractivity contribution < 1.29 is 14.6 Å². The molecule has 0 spiro atoms. The Morgan fingerprint density at radius 3 is 2.75 bits per heavy atom. The molecule has 0 bridgehead atoms. The van der Waals surface area contributed by atoms with Crippen LogP contribution in [0.3, 0.4) is 0 Å². The van der Waals surface area contributed by atoms with Crippen LogP contribution in [0.1, 0.15) is 25.7 Å². The van der Waals surface area contributed by atoms with Gasteiger partial charge >= 0.3 is 6.03 Å². The minimum Gasteiger partial charge on any atom is -0.393 e. The standard InChI is InChI=1S/C11H20N2O3/c14-9-3-5-13(6-4-9)11(15)12-8-10-2-1-7-16-10/h9-10,14H,1-8H2,(H,12,15). The number of amides is 2. The summed E-state index contributed by atoms with van der Waals surface area (Å²) in [5.74, 6) is 0. The largest absolute Gasteiger partial charge is 0.393 e. The lowest BCUT2D eigenvalue weighted by molar-refractivity contribution is 0.0877. The van der Waals surface area contributed by atoms with Crippen LogP contribution in [-0.2, 0) is 4.74 Å². The Kier molecular flexibility index (Phi) is 4.01. The molecule has 2 amide bonds. The van der Waals surface area contributed by atoms with Crippen molar-refractivity contribution >= 4 is 6.03 Å². The summed E-state index contributed by atoms with van der Waals surface area (Å²) in [5, 5.41) is 12.2. The molecule has 0 radical (unpaired) electrons. The zero-order valence-corrected chi connectivity index (χ0v) is 9.52. The van der Waals surface area contributed by atoms with Crippen LogP contribution in [-0.4, -0.2) is 54.5 Å². The molecule has 0 saturated carbocycles. The second-order valence-electron chi connectivity index (χ2n) is 4.54. The van der Waals surface area contributed by atoms with E-state index in [2.05, 4.69) is 5.32 Å². The second-order valence-corrected chi connectivity index (χ2v) is 4.54. The Morgan fingerprint density at radius 1 is 1.38 bits per heavy atom. The quantitative estimate of drug-likeness (QED) is 0.716. The average molecular weight is 228 g/mol. The van der Waals surface area contributed by atoms with Crippen LogP contribution in [0.15, 0.2) is 0 Å². The average Bonchev–Trinajstić information content (AvgIpc) is 2.80. The van der Waals surface area contributed by atoms with Crippen molar-refractivity contribution in [2.24, 2.45) is 0 Å². The third-order valence-corrected chi connectivity index (χ3v) is 3.26. The zero-order valence-electron chi connectivity index (χ0n) is 9.52. The molecule has 2 fully saturated rings. The number of hydrogen-bond donors (Lipinski definition) is 2. The predicted molar refractivity (Wildman–Crippen MR) is 59.2 cm³/mol. The molecule has 2 saturated heterocycles. The van der Waals surface area contributed by atoms with Gasteiger partial charge in [0.1, 0.15) is 0 Å². The van der Waals surface area contributed by atoms with Crippen molar-refractivity contribution in [1.29, 1.82) is 0 Å². The highest BCUT2D eigenvalue weighted by Gasteiger charge is 2.22. The summed E-state index contributed by atoms with van der Waals surface area (Å²) in [6, 6.07) is -0.0256. The molecule has 5 heteroatoms. The number of aliphatic hydroxyl groups is 1. The maximum Gasteiger partial charge on any atom is 0.317 e. The van der Waals surface area contributed by atoms with E-state index < -0.39 is 0 Å². The van der Waals surface area contributed by atoms with Gasteiger partial charge in [-0.15, -0.1) is 0 Å². The van der Waals surface area contributed by atoms with E-state index in [1.807, 2.05) is 0 Å². The van der Waals surface area contributed by atoms with Gasteiger partial charge in [0.15, 0.2) is 0 Å². The molecule has 0 aromatic rings. The van der Waals surface area contributed by atoms with Gasteiger partial charge in [0.05, 0.1) is 12.2 Å². The van der Waals surface area contributed by atoms with Gasteiger partial charge in [0.25, 0.3) is 0 Å². The lowest BCUT2D eigenvalue weighted by Crippen LogP contribution is -2.47. The molecule has 2 N–H and O–H groups in total. The van der Waals surface area contributed by atoms with Gasteiger partial charge in [-0.05, 0) is 25.7 Å². The van der Waals surface area contributed by atoms with Crippen LogP contribution in [0.4, 0.5) is 4.79 Å². The van der Waals surface area contributed by atoms with Crippen LogP contribution < -0.4 is 5.32 Å². The van der Waals surface area contributed by atoms with Gasteiger partial charge in [-0.3, -0.25) is 0 Å². The number of hydrogen-bond acceptors (Lipinski definition) is 3. The Bertz CT molecular complexity index is 233. The van der Waals surface area contributed by atoms with E-state index in [0.717, 1.165) is 19.4 Å². The van der Waals surface area contributed by atoms with Crippen LogP contribution in [0, 0.1) is 0 Å². The van der Waals surface area contributed by atoms with Gasteiger partial charge in [-0.25, -0.2) is 4.79 Å². The van der Waals surface area contributed by atoms with E-state index in [1.54, 1.807) is 4.90 Å². The summed E-state index contributed by atoms with van der Waals surface area (Å²) < 4.78 is 5.43. The number of likely N-dealkylation sites (tertiary alicyclic amines) is 1. The Morgan fingerprint density at radius 2 is 2.12 bits per heavy atom. The van der Waals surface area contributed by atoms with Crippen molar-refractivity contribution in [1.82, 2.24) is 10.2 Å². The van der Waals surface area contributed by atoms with E-state index in [9.17, 15) is 9.90 Å². The monoisotopic (exact) mass is 228 g/mol. The molecular formula is C11H20N2O3. The molecule has 2 aliphatic rings. The van der Waals surface area contributed by atoms with Crippen LogP contribution in [0.25, 0.3) is 0 Å². The third kappa shape index (κ3) is 3.09. The Hall–Kier alpha value is -0.810. The first-order valence-corrected chi connectivity index (χ1v) is 6.08. The van der Waals surface area contributed by atoms with Crippen LogP contribution >= 0.6 is 0 Å². The van der Waals surface area contributed by atoms with Gasteiger partial charge < -0.3 is 20.1 Å². The summed E-state index contributed by atoms with van der Waals surface area (Å²) in [5.41, 5.74) is 0. The number of ether oxygens (including phenoxy) is 1. The molecule has 92 valence electrons. The normalized spacial score (nSPS) is 27.1. The fraction of sp³-hybridized carbons (Fsp3) is 0.909. The molecule has 5 nitrogen and oxygen atoms in total. The molecule has 0 aliphatic carbocycles. The highest BCUT2D eigenvalue weighted by Crippen LogP contribution is 2.12. The summed E-state index contributed by atoms with van der Waals surface area (Å²) in [6.07, 6.45) is 3.47. The first-order chi connectivity index (χ1) is 7.75. The first kappa shape index (κ1) is 11.7. The van der Waals surface area contributed by atoms with Gasteiger partial charge in [-0.2, -0.15) is 0 Å². The topological polar surface area (TPSA) is 61.8 Å². The van der Waals surface area contributed by atoms with Gasteiger partial charge in [-0.1, -0.05) is 0 Å². The van der Waals surface area contributed by atoms with Crippen molar-refractivity contribution in [2.45, 2.75) is 37.9 Å². The van der Waals surface area contributed by atoms with E-state index in [-0.39, 0.29) is 18.2 Å². The second kappa shape index (κ2) is 5.50. The fourth-order valence-electron chi connectivity index (χ4n) is 2.19. The molecule has 2 rings (SSSR count). The summed E-state index contributed by atoms with van der Waals surface area (Å²) in [6.45, 7) is 2.73. The number of piperidine rings is 1. The SMILES string of the molecule is O=C(NCC1CCCO1)N1CCC(O)CC1. The number of nitrogens with one attached hydrogen (secondary N) is 1. The Balaban J connectivity index is 1.67. The van der Waals surface area contributed by atoms with Crippen LogP contribution in [0.2, 0.25) is 0 Å². The lowest BCUT2D eigenvalue weighted by atomic mass is 10.1. The fourth-order valence-corrected chi connectivity index (χ4v) is 2.19. The summed E-state index contributed by atoms with van der Waals surface area (Å²) >= 11 is 0. The number of carbonyl (C=O) groups is 1. The maximum absolute atomic E-state index is 11.7. The molecule has 2 heterocycles. The molecule has 1 unspecified atom stereocenters. The first-order valence-electron chi connectivity index (χ1n) is 6.08.